The molecule has 26 heavy (non-hydrogen) atoms. The molecule has 0 spiro atoms. The molecule has 0 saturated carbocycles. The number of hydrogen-bond donors (Lipinski definition) is 0. The highest BCUT2D eigenvalue weighted by Gasteiger charge is 2.34. The molecule has 0 radical (unpaired) electrons. The van der Waals surface area contributed by atoms with Crippen LogP contribution in [-0.2, 0) is 4.79 Å². The highest BCUT2D eigenvalue weighted by atomic mass is 16.3. The van der Waals surface area contributed by atoms with Gasteiger partial charge < -0.3 is 4.42 Å². The highest BCUT2D eigenvalue weighted by Crippen LogP contribution is 2.17. The minimum absolute atomic E-state index is 0.0522. The van der Waals surface area contributed by atoms with Crippen molar-refractivity contribution >= 4 is 23.5 Å². The molecule has 3 rings (SSSR count). The van der Waals surface area contributed by atoms with Crippen LogP contribution in [0.15, 0.2) is 64.9 Å². The third kappa shape index (κ3) is 3.32. The van der Waals surface area contributed by atoms with Crippen LogP contribution < -0.4 is 0 Å². The van der Waals surface area contributed by atoms with E-state index >= 15 is 0 Å². The summed E-state index contributed by atoms with van der Waals surface area (Å²) in [6, 6.07) is 10.7. The van der Waals surface area contributed by atoms with Crippen LogP contribution in [0.1, 0.15) is 27.8 Å². The highest BCUT2D eigenvalue weighted by molar-refractivity contribution is 6.25. The summed E-state index contributed by atoms with van der Waals surface area (Å²) in [5, 5.41) is 0. The van der Waals surface area contributed by atoms with Crippen LogP contribution >= 0.6 is 0 Å². The van der Waals surface area contributed by atoms with E-state index in [-0.39, 0.29) is 24.4 Å². The Kier molecular flexibility index (Phi) is 4.79. The van der Waals surface area contributed by atoms with E-state index in [9.17, 15) is 19.2 Å². The molecular formula is C19H16N2O5. The number of nitrogens with zero attached hydrogens (tertiary/aromatic N) is 2. The molecule has 1 aliphatic heterocycles. The first-order chi connectivity index (χ1) is 12.5. The Bertz CT molecular complexity index is 884. The number of ketones is 2. The molecule has 1 saturated heterocycles. The van der Waals surface area contributed by atoms with Gasteiger partial charge in [0.25, 0.3) is 5.91 Å². The van der Waals surface area contributed by atoms with Gasteiger partial charge in [0, 0.05) is 24.9 Å². The average molecular weight is 352 g/mol. The van der Waals surface area contributed by atoms with Crippen LogP contribution in [0.5, 0.6) is 0 Å². The van der Waals surface area contributed by atoms with Gasteiger partial charge in [0.1, 0.15) is 0 Å². The van der Waals surface area contributed by atoms with Gasteiger partial charge in [-0.1, -0.05) is 30.3 Å². The second-order valence-corrected chi connectivity index (χ2v) is 5.70. The number of urea groups is 1. The van der Waals surface area contributed by atoms with Crippen LogP contribution in [0.4, 0.5) is 4.79 Å². The molecule has 1 aromatic heterocycles. The Balaban J connectivity index is 1.83. The van der Waals surface area contributed by atoms with Crippen LogP contribution in [-0.4, -0.2) is 46.4 Å². The van der Waals surface area contributed by atoms with Crippen molar-refractivity contribution in [1.82, 2.24) is 9.80 Å². The van der Waals surface area contributed by atoms with Gasteiger partial charge in [-0.15, -0.1) is 0 Å². The van der Waals surface area contributed by atoms with Gasteiger partial charge in [0.2, 0.25) is 0 Å². The maximum absolute atomic E-state index is 12.6. The van der Waals surface area contributed by atoms with E-state index in [0.29, 0.717) is 5.56 Å². The molecule has 1 aromatic carbocycles. The summed E-state index contributed by atoms with van der Waals surface area (Å²) in [4.78, 5) is 51.5. The van der Waals surface area contributed by atoms with Gasteiger partial charge in [0.15, 0.2) is 17.3 Å². The average Bonchev–Trinajstić information content (AvgIpc) is 3.29. The topological polar surface area (TPSA) is 87.9 Å². The summed E-state index contributed by atoms with van der Waals surface area (Å²) in [7, 11) is 0. The monoisotopic (exact) mass is 352 g/mol. The zero-order valence-corrected chi connectivity index (χ0v) is 14.0. The lowest BCUT2D eigenvalue weighted by Crippen LogP contribution is -2.34. The number of imide groups is 1. The third-order valence-corrected chi connectivity index (χ3v) is 3.96. The van der Waals surface area contributed by atoms with E-state index in [4.69, 9.17) is 4.42 Å². The molecule has 0 bridgehead atoms. The molecule has 7 nitrogen and oxygen atoms in total. The number of rotatable bonds is 5. The molecular weight excluding hydrogens is 336 g/mol. The summed E-state index contributed by atoms with van der Waals surface area (Å²) in [6.45, 7) is 1.59. The Labute approximate surface area is 149 Å². The van der Waals surface area contributed by atoms with Crippen molar-refractivity contribution in [3.8, 4) is 0 Å². The number of allylic oxidation sites excluding steroid dienone is 1. The smallest absolute Gasteiger partial charge is 0.331 e. The predicted molar refractivity (Wildman–Crippen MR) is 91.4 cm³/mol. The number of benzene rings is 1. The first kappa shape index (κ1) is 17.3. The fourth-order valence-corrected chi connectivity index (χ4v) is 2.61. The predicted octanol–water partition coefficient (Wildman–Crippen LogP) is 2.51. The second-order valence-electron chi connectivity index (χ2n) is 5.70. The number of Topliss-reactive ketones (excluding diaryl/α,β-unsaturated/α-hetero) is 2. The molecule has 2 heterocycles. The van der Waals surface area contributed by atoms with E-state index in [1.807, 2.05) is 0 Å². The van der Waals surface area contributed by atoms with E-state index in [2.05, 4.69) is 0 Å². The normalized spacial score (nSPS) is 14.7. The molecule has 0 atom stereocenters. The van der Waals surface area contributed by atoms with Crippen LogP contribution in [0, 0.1) is 0 Å². The second kappa shape index (κ2) is 7.18. The zero-order chi connectivity index (χ0) is 18.7. The summed E-state index contributed by atoms with van der Waals surface area (Å²) in [5.74, 6) is -1.44. The van der Waals surface area contributed by atoms with Crippen molar-refractivity contribution in [3.05, 3.63) is 71.8 Å². The summed E-state index contributed by atoms with van der Waals surface area (Å²) < 4.78 is 5.02. The third-order valence-electron chi connectivity index (χ3n) is 3.96. The fourth-order valence-electron chi connectivity index (χ4n) is 2.61. The van der Waals surface area contributed by atoms with Crippen molar-refractivity contribution in [1.29, 1.82) is 0 Å². The lowest BCUT2D eigenvalue weighted by molar-refractivity contribution is -0.113. The summed E-state index contributed by atoms with van der Waals surface area (Å²) in [5.41, 5.74) is 0.237. The van der Waals surface area contributed by atoms with Gasteiger partial charge in [-0.25, -0.2) is 4.79 Å². The Hall–Kier alpha value is -3.48. The number of furan rings is 1. The Morgan fingerprint density at radius 3 is 2.38 bits per heavy atom. The van der Waals surface area contributed by atoms with Crippen molar-refractivity contribution in [3.63, 3.8) is 0 Å². The van der Waals surface area contributed by atoms with E-state index in [0.717, 1.165) is 4.90 Å². The minimum Gasteiger partial charge on any atom is -0.459 e. The van der Waals surface area contributed by atoms with Crippen molar-refractivity contribution in [2.75, 3.05) is 13.1 Å². The molecule has 1 aliphatic rings. The molecule has 3 amide bonds. The SMILES string of the molecule is CC(=O)/C(=C/N1CCN(C(=O)c2ccco2)C1=O)C(=O)c1ccccc1. The van der Waals surface area contributed by atoms with Gasteiger partial charge in [-0.05, 0) is 19.1 Å². The maximum atomic E-state index is 12.6. The standard InChI is InChI=1S/C19H16N2O5/c1-13(22)15(17(23)14-6-3-2-4-7-14)12-20-9-10-21(19(20)25)18(24)16-8-5-11-26-16/h2-8,11-12H,9-10H2,1H3/b15-12-. The summed E-state index contributed by atoms with van der Waals surface area (Å²) in [6.07, 6.45) is 2.56. The first-order valence-corrected chi connectivity index (χ1v) is 7.97. The Morgan fingerprint density at radius 1 is 1.04 bits per heavy atom. The summed E-state index contributed by atoms with van der Waals surface area (Å²) >= 11 is 0. The van der Waals surface area contributed by atoms with Gasteiger partial charge in [0.05, 0.1) is 11.8 Å². The number of amides is 3. The van der Waals surface area contributed by atoms with Gasteiger partial charge in [-0.3, -0.25) is 24.2 Å². The maximum Gasteiger partial charge on any atom is 0.331 e. The lowest BCUT2D eigenvalue weighted by atomic mass is 10.0. The zero-order valence-electron chi connectivity index (χ0n) is 14.0. The molecule has 0 aliphatic carbocycles. The molecule has 1 fully saturated rings. The number of carbonyl (C=O) groups is 4. The van der Waals surface area contributed by atoms with E-state index in [1.165, 1.54) is 30.4 Å². The van der Waals surface area contributed by atoms with E-state index in [1.54, 1.807) is 36.4 Å². The minimum atomic E-state index is -0.606. The van der Waals surface area contributed by atoms with Gasteiger partial charge >= 0.3 is 6.03 Å². The molecule has 2 aromatic rings. The van der Waals surface area contributed by atoms with Crippen molar-refractivity contribution in [2.24, 2.45) is 0 Å². The Morgan fingerprint density at radius 2 is 1.77 bits per heavy atom. The largest absolute Gasteiger partial charge is 0.459 e. The van der Waals surface area contributed by atoms with Crippen molar-refractivity contribution in [2.45, 2.75) is 6.92 Å². The van der Waals surface area contributed by atoms with E-state index < -0.39 is 23.5 Å². The quantitative estimate of drug-likeness (QED) is 0.357. The number of hydrogen-bond acceptors (Lipinski definition) is 5. The molecule has 7 heteroatoms. The van der Waals surface area contributed by atoms with Crippen LogP contribution in [0.2, 0.25) is 0 Å². The molecule has 132 valence electrons. The molecule has 0 N–H and O–H groups in total. The lowest BCUT2D eigenvalue weighted by Gasteiger charge is -2.14. The van der Waals surface area contributed by atoms with Gasteiger partial charge in [-0.2, -0.15) is 0 Å². The first-order valence-electron chi connectivity index (χ1n) is 7.97. The van der Waals surface area contributed by atoms with Crippen LogP contribution in [0.25, 0.3) is 0 Å². The van der Waals surface area contributed by atoms with Crippen molar-refractivity contribution < 1.29 is 23.6 Å². The fraction of sp³-hybridized carbons (Fsp3) is 0.158. The van der Waals surface area contributed by atoms with Crippen LogP contribution in [0.3, 0.4) is 0 Å². The number of carbonyl (C=O) groups excluding carboxylic acids is 4. The molecule has 0 unspecified atom stereocenters.